The van der Waals surface area contributed by atoms with Gasteiger partial charge in [-0.15, -0.1) is 0 Å². The first-order valence-electron chi connectivity index (χ1n) is 31.0. The van der Waals surface area contributed by atoms with Crippen LogP contribution in [0.25, 0.3) is 66.9 Å². The molecule has 0 amide bonds. The molecule has 0 saturated carbocycles. The van der Waals surface area contributed by atoms with Gasteiger partial charge in [0.2, 0.25) is 0 Å². The molecule has 1 unspecified atom stereocenters. The maximum Gasteiger partial charge on any atom is 0.259 e. The standard InChI is InChI=1S/2C26H27N3O2.C23H21N3O2.3HI/c1-5-12-29-18(3)14-20(15-19(29)4)16-31-24-11-10-17(2)13-22(24)25-27-23-9-7-6-8-21(23)26(30)28-25;1-4-14-29-15-12-19(13-16-29)23(5-2)31-24-11-10-18(3)17-21(24)25-27-22-9-7-6-8-20(22)26(30)28-25;1-2-13-26-14-11-17(12-15-26)16-28-21-10-6-4-8-19(21)22-24-20-9-5-3-7-18(20)23(27)25-22;;;/h6-11,13-15H,5,12,16H2,1-4H3;6-13,15-17,23H,4-5,14H2,1-3H3;3-12,14-15H,2,13,16H2,1H3;3*1H. The van der Waals surface area contributed by atoms with Gasteiger partial charge in [-0.05, 0) is 93.1 Å². The maximum atomic E-state index is 12.6. The highest BCUT2D eigenvalue weighted by molar-refractivity contribution is 5.82. The first kappa shape index (κ1) is 72.2. The Balaban J connectivity index is 0.000000195. The molecule has 6 heterocycles. The summed E-state index contributed by atoms with van der Waals surface area (Å²) in [4.78, 5) is 60.3. The van der Waals surface area contributed by atoms with Crippen molar-refractivity contribution in [2.24, 2.45) is 0 Å². The van der Waals surface area contributed by atoms with Gasteiger partial charge in [0.15, 0.2) is 36.2 Å². The number of aromatic nitrogens is 9. The van der Waals surface area contributed by atoms with E-state index < -0.39 is 0 Å². The fraction of sp³-hybridized carbons (Fsp3) is 0.240. The van der Waals surface area contributed by atoms with Crippen LogP contribution in [0.1, 0.15) is 98.7 Å². The van der Waals surface area contributed by atoms with E-state index in [9.17, 15) is 14.4 Å². The van der Waals surface area contributed by atoms with Crippen LogP contribution in [0.3, 0.4) is 0 Å². The quantitative estimate of drug-likeness (QED) is 0.0760. The molecule has 0 saturated heterocycles. The van der Waals surface area contributed by atoms with Crippen molar-refractivity contribution in [2.75, 3.05) is 0 Å². The Hall–Kier alpha value is -8.22. The minimum atomic E-state index is -0.154. The lowest BCUT2D eigenvalue weighted by Crippen LogP contribution is -3.00. The van der Waals surface area contributed by atoms with Gasteiger partial charge in [0.05, 0.1) is 49.4 Å². The number of halogens is 3. The SMILES string of the molecule is CCC[n+]1c(C)cc(COc2ccc(C)cc2-c2nc3ccccc3c(=O)[nH]2)cc1C.CCC[n+]1ccc(C(CC)Oc2ccc(C)cc2-c2nc3ccccc3c(=O)[nH]2)cc1.CCC[n+]1ccc(COc2ccccc2-c2nc3ccccc3c(=O)[nH]2)cc1.[I-].[I-].[I-]. The van der Waals surface area contributed by atoms with Crippen LogP contribution < -0.4 is 117 Å². The van der Waals surface area contributed by atoms with E-state index in [2.05, 4.69) is 141 Å². The average molecular weight is 1580 g/mol. The zero-order valence-electron chi connectivity index (χ0n) is 53.7. The lowest BCUT2D eigenvalue weighted by atomic mass is 10.1. The van der Waals surface area contributed by atoms with Gasteiger partial charge in [0.25, 0.3) is 16.7 Å². The first-order valence-corrected chi connectivity index (χ1v) is 31.0. The van der Waals surface area contributed by atoms with Crippen molar-refractivity contribution in [1.29, 1.82) is 0 Å². The van der Waals surface area contributed by atoms with E-state index in [0.717, 1.165) is 89.8 Å². The Morgan fingerprint density at radius 2 is 0.817 bits per heavy atom. The summed E-state index contributed by atoms with van der Waals surface area (Å²) in [6.45, 7) is 20.8. The Kier molecular flexibility index (Phi) is 26.9. The largest absolute Gasteiger partial charge is 1.00 e. The van der Waals surface area contributed by atoms with Crippen molar-refractivity contribution in [2.45, 2.75) is 120 Å². The molecule has 0 bridgehead atoms. The first-order chi connectivity index (χ1) is 43.8. The number of para-hydroxylation sites is 4. The number of benzene rings is 6. The molecule has 6 aromatic carbocycles. The fourth-order valence-corrected chi connectivity index (χ4v) is 10.9. The van der Waals surface area contributed by atoms with Gasteiger partial charge in [-0.25, -0.2) is 28.7 Å². The maximum absolute atomic E-state index is 12.6. The molecule has 18 heteroatoms. The van der Waals surface area contributed by atoms with E-state index >= 15 is 0 Å². The van der Waals surface area contributed by atoms with Crippen molar-refractivity contribution >= 4 is 32.7 Å². The third kappa shape index (κ3) is 18.3. The highest BCUT2D eigenvalue weighted by Crippen LogP contribution is 2.35. The number of hydrogen-bond acceptors (Lipinski definition) is 9. The van der Waals surface area contributed by atoms with Crippen LogP contribution in [0.4, 0.5) is 0 Å². The Labute approximate surface area is 593 Å². The summed E-state index contributed by atoms with van der Waals surface area (Å²) in [7, 11) is 0. The highest BCUT2D eigenvalue weighted by atomic mass is 127. The molecule has 0 radical (unpaired) electrons. The summed E-state index contributed by atoms with van der Waals surface area (Å²) in [6.07, 6.45) is 12.4. The van der Waals surface area contributed by atoms with Crippen LogP contribution in [-0.2, 0) is 32.8 Å². The lowest BCUT2D eigenvalue weighted by molar-refractivity contribution is -0.708. The van der Waals surface area contributed by atoms with Gasteiger partial charge in [0.1, 0.15) is 73.7 Å². The predicted molar refractivity (Wildman–Crippen MR) is 355 cm³/mol. The topological polar surface area (TPSA) is 177 Å². The Bertz CT molecular complexity index is 4630. The van der Waals surface area contributed by atoms with Crippen molar-refractivity contribution in [3.63, 3.8) is 0 Å². The number of aromatic amines is 3. The number of nitrogens with one attached hydrogen (secondary N) is 3. The molecule has 12 rings (SSSR count). The molecular weight excluding hydrogens is 1500 g/mol. The average Bonchev–Trinajstić information content (AvgIpc) is 0.822. The molecule has 93 heavy (non-hydrogen) atoms. The molecule has 0 spiro atoms. The number of hydrogen-bond donors (Lipinski definition) is 3. The van der Waals surface area contributed by atoms with Crippen LogP contribution in [0.2, 0.25) is 0 Å². The fourth-order valence-electron chi connectivity index (χ4n) is 10.9. The second-order valence-corrected chi connectivity index (χ2v) is 22.5. The van der Waals surface area contributed by atoms with Gasteiger partial charge in [-0.2, -0.15) is 0 Å². The van der Waals surface area contributed by atoms with Gasteiger partial charge in [-0.1, -0.05) is 99.5 Å². The third-order valence-corrected chi connectivity index (χ3v) is 15.5. The van der Waals surface area contributed by atoms with Crippen LogP contribution in [0.15, 0.2) is 209 Å². The van der Waals surface area contributed by atoms with Crippen LogP contribution in [-0.4, -0.2) is 29.9 Å². The van der Waals surface area contributed by atoms with Gasteiger partial charge in [0, 0.05) is 86.2 Å². The van der Waals surface area contributed by atoms with Crippen molar-refractivity contribution in [1.82, 2.24) is 29.9 Å². The summed E-state index contributed by atoms with van der Waals surface area (Å²) in [5, 5.41) is 1.74. The minimum absolute atomic E-state index is 0. The van der Waals surface area contributed by atoms with Crippen molar-refractivity contribution in [3.05, 3.63) is 265 Å². The molecule has 0 fully saturated rings. The zero-order valence-corrected chi connectivity index (χ0v) is 60.2. The van der Waals surface area contributed by atoms with Gasteiger partial charge in [-0.3, -0.25) is 14.4 Å². The number of pyridine rings is 3. The van der Waals surface area contributed by atoms with E-state index in [4.69, 9.17) is 19.2 Å². The van der Waals surface area contributed by atoms with E-state index in [-0.39, 0.29) is 94.7 Å². The zero-order chi connectivity index (χ0) is 63.1. The Morgan fingerprint density at radius 1 is 0.419 bits per heavy atom. The lowest BCUT2D eigenvalue weighted by Gasteiger charge is -2.20. The van der Waals surface area contributed by atoms with Crippen molar-refractivity contribution < 1.29 is 99.8 Å². The van der Waals surface area contributed by atoms with Crippen LogP contribution >= 0.6 is 0 Å². The number of aryl methyl sites for hydroxylation is 6. The number of ether oxygens (including phenoxy) is 3. The molecule has 15 nitrogen and oxygen atoms in total. The molecule has 0 aliphatic carbocycles. The normalized spacial score (nSPS) is 11.0. The molecule has 6 aromatic heterocycles. The summed E-state index contributed by atoms with van der Waals surface area (Å²) >= 11 is 0. The minimum Gasteiger partial charge on any atom is -1.00 e. The second kappa shape index (κ2) is 34.6. The molecule has 0 aliphatic heterocycles. The Morgan fingerprint density at radius 3 is 1.29 bits per heavy atom. The molecule has 3 N–H and O–H groups in total. The molecule has 1 atom stereocenters. The third-order valence-electron chi connectivity index (χ3n) is 15.5. The number of rotatable bonds is 19. The van der Waals surface area contributed by atoms with Crippen LogP contribution in [0.5, 0.6) is 17.2 Å². The van der Waals surface area contributed by atoms with Crippen LogP contribution in [0, 0.1) is 27.7 Å². The van der Waals surface area contributed by atoms with E-state index in [1.807, 2.05) is 129 Å². The summed E-state index contributed by atoms with van der Waals surface area (Å²) in [5.74, 6) is 3.64. The highest BCUT2D eigenvalue weighted by Gasteiger charge is 2.20. The second-order valence-electron chi connectivity index (χ2n) is 22.5. The number of H-pyrrole nitrogens is 3. The predicted octanol–water partition coefficient (Wildman–Crippen LogP) is 4.80. The van der Waals surface area contributed by atoms with E-state index in [1.54, 1.807) is 18.2 Å². The molecule has 12 aromatic rings. The van der Waals surface area contributed by atoms with Gasteiger partial charge >= 0.3 is 0 Å². The van der Waals surface area contributed by atoms with Crippen molar-refractivity contribution in [3.8, 4) is 51.4 Å². The summed E-state index contributed by atoms with van der Waals surface area (Å²) < 4.78 is 25.4. The summed E-state index contributed by atoms with van der Waals surface area (Å²) in [5.41, 5.74) is 11.8. The van der Waals surface area contributed by atoms with E-state index in [1.165, 1.54) is 11.4 Å². The monoisotopic (exact) mass is 1580 g/mol. The molecule has 480 valence electrons. The number of fused-ring (bicyclic) bond motifs is 3. The molecular formula is C75H78I3N9O6. The summed E-state index contributed by atoms with van der Waals surface area (Å²) in [6, 6.07) is 54.3. The number of nitrogens with zero attached hydrogens (tertiary/aromatic N) is 6. The smallest absolute Gasteiger partial charge is 0.259 e. The van der Waals surface area contributed by atoms with Gasteiger partial charge < -0.3 is 101 Å². The van der Waals surface area contributed by atoms with E-state index in [0.29, 0.717) is 80.6 Å². The molecule has 0 aliphatic rings.